The third-order valence-corrected chi connectivity index (χ3v) is 10.8. The molecule has 1 heterocycles. The fourth-order valence-electron chi connectivity index (χ4n) is 8.06. The molecule has 298 valence electrons. The first-order valence-corrected chi connectivity index (χ1v) is 19.7. The highest BCUT2D eigenvalue weighted by atomic mass is 16.6. The van der Waals surface area contributed by atoms with E-state index in [0.29, 0.717) is 19.3 Å². The number of likely N-dealkylation sites (tertiary alicyclic amines) is 1. The zero-order chi connectivity index (χ0) is 39.4. The maximum Gasteiger partial charge on any atom is 0.408 e. The number of carbonyl (C=O) groups is 7. The molecule has 2 saturated carbocycles. The van der Waals surface area contributed by atoms with Crippen LogP contribution in [-0.4, -0.2) is 94.3 Å². The van der Waals surface area contributed by atoms with Gasteiger partial charge >= 0.3 is 12.1 Å². The number of aliphatic carboxylic acids is 1. The highest BCUT2D eigenvalue weighted by Gasteiger charge is 2.45. The first-order valence-electron chi connectivity index (χ1n) is 19.7. The van der Waals surface area contributed by atoms with E-state index in [4.69, 9.17) is 4.74 Å². The number of nitrogens with one attached hydrogen (secondary N) is 4. The molecular formula is C40H59N5O9. The third-order valence-electron chi connectivity index (χ3n) is 10.8. The third kappa shape index (κ3) is 12.0. The number of carboxylic acid groups (broad SMARTS) is 1. The Morgan fingerprint density at radius 3 is 1.98 bits per heavy atom. The summed E-state index contributed by atoms with van der Waals surface area (Å²) in [5.41, 5.74) is 0.151. The molecule has 5 N–H and O–H groups in total. The summed E-state index contributed by atoms with van der Waals surface area (Å²) in [7, 11) is 0. The van der Waals surface area contributed by atoms with E-state index in [9.17, 15) is 38.7 Å². The van der Waals surface area contributed by atoms with E-state index < -0.39 is 77.8 Å². The van der Waals surface area contributed by atoms with Crippen molar-refractivity contribution in [3.05, 3.63) is 35.9 Å². The van der Waals surface area contributed by atoms with Crippen molar-refractivity contribution in [2.75, 3.05) is 13.1 Å². The van der Waals surface area contributed by atoms with E-state index in [1.165, 1.54) is 4.90 Å². The van der Waals surface area contributed by atoms with E-state index in [0.717, 1.165) is 56.9 Å². The average Bonchev–Trinajstić information content (AvgIpc) is 3.60. The molecule has 1 aromatic rings. The predicted molar refractivity (Wildman–Crippen MR) is 200 cm³/mol. The zero-order valence-corrected chi connectivity index (χ0v) is 32.2. The Morgan fingerprint density at radius 2 is 1.43 bits per heavy atom. The van der Waals surface area contributed by atoms with Crippen molar-refractivity contribution in [2.24, 2.45) is 11.8 Å². The van der Waals surface area contributed by atoms with Gasteiger partial charge in [0.2, 0.25) is 23.5 Å². The van der Waals surface area contributed by atoms with E-state index >= 15 is 0 Å². The molecule has 0 spiro atoms. The number of hydrogen-bond acceptors (Lipinski definition) is 8. The molecule has 3 unspecified atom stereocenters. The van der Waals surface area contributed by atoms with Crippen LogP contribution in [0.2, 0.25) is 0 Å². The van der Waals surface area contributed by atoms with Gasteiger partial charge in [0, 0.05) is 12.5 Å². The van der Waals surface area contributed by atoms with Crippen LogP contribution < -0.4 is 21.3 Å². The fourth-order valence-corrected chi connectivity index (χ4v) is 8.06. The Bertz CT molecular complexity index is 1480. The molecule has 54 heavy (non-hydrogen) atoms. The molecule has 5 amide bonds. The summed E-state index contributed by atoms with van der Waals surface area (Å²) >= 11 is 0. The molecule has 2 aliphatic carbocycles. The normalized spacial score (nSPS) is 21.2. The van der Waals surface area contributed by atoms with Crippen molar-refractivity contribution in [2.45, 2.75) is 147 Å². The van der Waals surface area contributed by atoms with E-state index in [1.54, 1.807) is 27.7 Å². The SMILES string of the molecule is CCCC(NC(=O)[C@@H]1CC(c2ccccc2)CN1C(=O)[C@@H](NC(=O)OC(C)(C)C)C1CCCCC1)C(=O)C(=O)NCC(=O)NC(C(=O)O)C1CCCCC1. The highest BCUT2D eigenvalue weighted by Crippen LogP contribution is 2.35. The van der Waals surface area contributed by atoms with Crippen LogP contribution in [0.4, 0.5) is 4.79 Å². The number of alkyl carbamates (subject to hydrolysis) is 1. The summed E-state index contributed by atoms with van der Waals surface area (Å²) in [4.78, 5) is 94.2. The number of Topliss-reactive ketones (excluding diaryl/α,β-unsaturated/α-hetero) is 1. The molecule has 0 aromatic heterocycles. The minimum atomic E-state index is -1.23. The van der Waals surface area contributed by atoms with Crippen LogP contribution in [0.1, 0.15) is 123 Å². The van der Waals surface area contributed by atoms with Gasteiger partial charge in [-0.15, -0.1) is 0 Å². The minimum absolute atomic E-state index is 0.126. The Morgan fingerprint density at radius 1 is 0.833 bits per heavy atom. The van der Waals surface area contributed by atoms with Crippen molar-refractivity contribution in [3.8, 4) is 0 Å². The first-order chi connectivity index (χ1) is 25.7. The van der Waals surface area contributed by atoms with Crippen molar-refractivity contribution in [3.63, 3.8) is 0 Å². The molecule has 14 nitrogen and oxygen atoms in total. The largest absolute Gasteiger partial charge is 0.480 e. The van der Waals surface area contributed by atoms with Crippen LogP contribution in [0.3, 0.4) is 0 Å². The second-order valence-electron chi connectivity index (χ2n) is 16.0. The van der Waals surface area contributed by atoms with Crippen LogP contribution in [-0.2, 0) is 33.5 Å². The molecule has 4 rings (SSSR count). The number of benzene rings is 1. The fraction of sp³-hybridized carbons (Fsp3) is 0.675. The highest BCUT2D eigenvalue weighted by molar-refractivity contribution is 6.38. The number of carbonyl (C=O) groups excluding carboxylic acids is 6. The molecule has 1 aliphatic heterocycles. The number of ether oxygens (including phenoxy) is 1. The molecular weight excluding hydrogens is 694 g/mol. The van der Waals surface area contributed by atoms with Crippen LogP contribution in [0.25, 0.3) is 0 Å². The van der Waals surface area contributed by atoms with Crippen LogP contribution in [0.5, 0.6) is 0 Å². The Balaban J connectivity index is 1.48. The summed E-state index contributed by atoms with van der Waals surface area (Å²) in [5, 5.41) is 20.1. The second-order valence-corrected chi connectivity index (χ2v) is 16.0. The van der Waals surface area contributed by atoms with E-state index in [-0.39, 0.29) is 37.1 Å². The van der Waals surface area contributed by atoms with Gasteiger partial charge in [0.15, 0.2) is 0 Å². The van der Waals surface area contributed by atoms with Gasteiger partial charge in [0.25, 0.3) is 5.91 Å². The summed E-state index contributed by atoms with van der Waals surface area (Å²) < 4.78 is 5.53. The quantitative estimate of drug-likeness (QED) is 0.165. The molecule has 0 bridgehead atoms. The number of nitrogens with zero attached hydrogens (tertiary/aromatic N) is 1. The Labute approximate surface area is 318 Å². The van der Waals surface area contributed by atoms with E-state index in [1.807, 2.05) is 30.3 Å². The summed E-state index contributed by atoms with van der Waals surface area (Å²) in [6, 6.07) is 5.27. The zero-order valence-electron chi connectivity index (χ0n) is 32.2. The lowest BCUT2D eigenvalue weighted by molar-refractivity contribution is -0.144. The van der Waals surface area contributed by atoms with Crippen LogP contribution in [0, 0.1) is 11.8 Å². The van der Waals surface area contributed by atoms with Crippen molar-refractivity contribution in [1.82, 2.24) is 26.2 Å². The average molecular weight is 754 g/mol. The summed E-state index contributed by atoms with van der Waals surface area (Å²) in [6.07, 6.45) is 8.55. The van der Waals surface area contributed by atoms with Gasteiger partial charge in [0.05, 0.1) is 12.6 Å². The van der Waals surface area contributed by atoms with Gasteiger partial charge in [-0.3, -0.25) is 24.0 Å². The lowest BCUT2D eigenvalue weighted by atomic mass is 9.83. The van der Waals surface area contributed by atoms with Gasteiger partial charge in [-0.2, -0.15) is 0 Å². The molecule has 14 heteroatoms. The van der Waals surface area contributed by atoms with Gasteiger partial charge in [-0.25, -0.2) is 9.59 Å². The van der Waals surface area contributed by atoms with Crippen molar-refractivity contribution in [1.29, 1.82) is 0 Å². The second kappa shape index (κ2) is 19.7. The Kier molecular flexibility index (Phi) is 15.4. The summed E-state index contributed by atoms with van der Waals surface area (Å²) in [6.45, 7) is 6.62. The van der Waals surface area contributed by atoms with Gasteiger partial charge in [0.1, 0.15) is 23.7 Å². The topological polar surface area (TPSA) is 200 Å². The number of rotatable bonds is 15. The number of hydrogen-bond donors (Lipinski definition) is 5. The minimum Gasteiger partial charge on any atom is -0.480 e. The summed E-state index contributed by atoms with van der Waals surface area (Å²) in [5.74, 6) is -5.50. The molecule has 3 aliphatic rings. The number of ketones is 1. The van der Waals surface area contributed by atoms with Crippen molar-refractivity contribution < 1.29 is 43.4 Å². The molecule has 0 radical (unpaired) electrons. The van der Waals surface area contributed by atoms with Crippen LogP contribution >= 0.6 is 0 Å². The van der Waals surface area contributed by atoms with Crippen molar-refractivity contribution >= 4 is 41.5 Å². The van der Waals surface area contributed by atoms with Gasteiger partial charge in [-0.05, 0) is 76.7 Å². The van der Waals surface area contributed by atoms with E-state index in [2.05, 4.69) is 21.3 Å². The van der Waals surface area contributed by atoms with Gasteiger partial charge in [-0.1, -0.05) is 82.2 Å². The Hall–Kier alpha value is -4.49. The standard InChI is InChI=1S/C40H59N5O9/c1-5-15-29(34(47)36(49)41-23-31(46)43-33(38(51)52)27-20-13-8-14-21-27)42-35(48)30-22-28(25-16-9-6-10-17-25)24-45(30)37(50)32(26-18-11-7-12-19-26)44-39(53)54-40(2,3)4/h6,9-10,16-17,26-30,32-33H,5,7-8,11-15,18-24H2,1-4H3,(H,41,49)(H,42,48)(H,43,46)(H,44,53)(H,51,52)/t28?,29?,30-,32-,33?/m0/s1. The molecule has 1 saturated heterocycles. The molecule has 3 fully saturated rings. The maximum atomic E-state index is 14.5. The maximum absolute atomic E-state index is 14.5. The molecule has 1 aromatic carbocycles. The lowest BCUT2D eigenvalue weighted by Crippen LogP contribution is -2.58. The van der Waals surface area contributed by atoms with Crippen LogP contribution in [0.15, 0.2) is 30.3 Å². The monoisotopic (exact) mass is 753 g/mol. The smallest absolute Gasteiger partial charge is 0.408 e. The number of carboxylic acids is 1. The molecule has 5 atom stereocenters. The first kappa shape index (κ1) is 42.3. The number of amides is 5. The predicted octanol–water partition coefficient (Wildman–Crippen LogP) is 3.96. The lowest BCUT2D eigenvalue weighted by Gasteiger charge is -2.35. The van der Waals surface area contributed by atoms with Gasteiger partial charge < -0.3 is 36.0 Å².